The van der Waals surface area contributed by atoms with Crippen molar-refractivity contribution >= 4 is 50.3 Å². The number of sulfonamides is 1. The van der Waals surface area contributed by atoms with Crippen molar-refractivity contribution in [3.63, 3.8) is 0 Å². The van der Waals surface area contributed by atoms with Gasteiger partial charge in [-0.05, 0) is 29.6 Å². The Morgan fingerprint density at radius 1 is 1.26 bits per heavy atom. The van der Waals surface area contributed by atoms with Gasteiger partial charge in [-0.15, -0.1) is 11.3 Å². The molecule has 2 aromatic heterocycles. The van der Waals surface area contributed by atoms with E-state index < -0.39 is 16.0 Å². The average molecular weight is 443 g/mol. The van der Waals surface area contributed by atoms with E-state index in [4.69, 9.17) is 16.3 Å². The monoisotopic (exact) mass is 442 g/mol. The molecule has 3 aromatic rings. The third-order valence-electron chi connectivity index (χ3n) is 3.43. The van der Waals surface area contributed by atoms with Crippen LogP contribution >= 0.6 is 34.3 Å². The van der Waals surface area contributed by atoms with Gasteiger partial charge in [-0.25, -0.2) is 18.1 Å². The zero-order valence-corrected chi connectivity index (χ0v) is 17.1. The van der Waals surface area contributed by atoms with Crippen molar-refractivity contribution < 1.29 is 17.9 Å². The van der Waals surface area contributed by atoms with Crippen molar-refractivity contribution in [2.24, 2.45) is 0 Å². The van der Waals surface area contributed by atoms with E-state index in [-0.39, 0.29) is 24.5 Å². The molecule has 0 radical (unpaired) electrons. The Hall–Kier alpha value is -1.78. The summed E-state index contributed by atoms with van der Waals surface area (Å²) < 4.78 is 31.8. The number of nitrogens with zero attached hydrogens (tertiary/aromatic N) is 1. The molecule has 10 heteroatoms. The number of thiophene rings is 1. The first kappa shape index (κ1) is 20.0. The molecule has 0 saturated carbocycles. The number of benzene rings is 1. The largest absolute Gasteiger partial charge is 0.459 e. The molecule has 0 saturated heterocycles. The molecule has 1 N–H and O–H groups in total. The zero-order chi connectivity index (χ0) is 19.3. The van der Waals surface area contributed by atoms with Crippen LogP contribution in [-0.4, -0.2) is 25.9 Å². The van der Waals surface area contributed by atoms with E-state index in [1.54, 1.807) is 23.5 Å². The molecular weight excluding hydrogens is 428 g/mol. The minimum Gasteiger partial charge on any atom is -0.459 e. The highest BCUT2D eigenvalue weighted by molar-refractivity contribution is 7.89. The topological polar surface area (TPSA) is 85.4 Å². The van der Waals surface area contributed by atoms with Crippen LogP contribution in [0.1, 0.15) is 12.1 Å². The van der Waals surface area contributed by atoms with Crippen LogP contribution in [0.25, 0.3) is 10.6 Å². The molecule has 27 heavy (non-hydrogen) atoms. The summed E-state index contributed by atoms with van der Waals surface area (Å²) in [5.74, 6) is -0.506. The first-order chi connectivity index (χ1) is 12.9. The first-order valence-electron chi connectivity index (χ1n) is 7.82. The van der Waals surface area contributed by atoms with E-state index >= 15 is 0 Å². The highest BCUT2D eigenvalue weighted by Crippen LogP contribution is 2.25. The first-order valence-corrected chi connectivity index (χ1v) is 11.5. The summed E-state index contributed by atoms with van der Waals surface area (Å²) >= 11 is 8.87. The Morgan fingerprint density at radius 2 is 2.11 bits per heavy atom. The average Bonchev–Trinajstić information content (AvgIpc) is 3.31. The molecule has 0 amide bonds. The molecule has 0 aliphatic rings. The van der Waals surface area contributed by atoms with Gasteiger partial charge < -0.3 is 4.74 Å². The second kappa shape index (κ2) is 8.94. The number of carbonyl (C=O) groups excluding carboxylic acids is 1. The fourth-order valence-corrected chi connectivity index (χ4v) is 4.97. The Balaban J connectivity index is 1.45. The number of ether oxygens (including phenoxy) is 1. The molecule has 1 aromatic carbocycles. The molecular formula is C17H15ClN2O4S3. The predicted octanol–water partition coefficient (Wildman–Crippen LogP) is 3.94. The van der Waals surface area contributed by atoms with Gasteiger partial charge in [-0.1, -0.05) is 17.7 Å². The van der Waals surface area contributed by atoms with Gasteiger partial charge in [0.15, 0.2) is 0 Å². The summed E-state index contributed by atoms with van der Waals surface area (Å²) in [4.78, 5) is 16.3. The van der Waals surface area contributed by atoms with Gasteiger partial charge in [-0.2, -0.15) is 11.3 Å². The maximum absolute atomic E-state index is 12.1. The lowest BCUT2D eigenvalue weighted by Gasteiger charge is -2.07. The van der Waals surface area contributed by atoms with Gasteiger partial charge in [0.25, 0.3) is 0 Å². The number of carbonyl (C=O) groups is 1. The van der Waals surface area contributed by atoms with E-state index in [0.29, 0.717) is 10.7 Å². The quantitative estimate of drug-likeness (QED) is 0.534. The number of rotatable bonds is 8. The van der Waals surface area contributed by atoms with E-state index in [1.807, 2.05) is 22.2 Å². The number of hydrogen-bond acceptors (Lipinski definition) is 7. The number of thiazole rings is 1. The van der Waals surface area contributed by atoms with Crippen molar-refractivity contribution in [2.45, 2.75) is 17.9 Å². The number of esters is 1. The lowest BCUT2D eigenvalue weighted by molar-refractivity contribution is -0.144. The maximum Gasteiger partial charge on any atom is 0.307 e. The van der Waals surface area contributed by atoms with Gasteiger partial charge in [0, 0.05) is 27.9 Å². The van der Waals surface area contributed by atoms with Crippen LogP contribution in [0.4, 0.5) is 0 Å². The molecule has 142 valence electrons. The van der Waals surface area contributed by atoms with Crippen LogP contribution in [0.15, 0.2) is 51.4 Å². The van der Waals surface area contributed by atoms with Crippen molar-refractivity contribution in [1.29, 1.82) is 0 Å². The standard InChI is InChI=1S/C17H15ClN2O4S3/c18-13-2-1-3-15(8-13)27(22,23)19-6-4-16(21)24-9-14-11-26-17(20-14)12-5-7-25-10-12/h1-3,5,7-8,10-11,19H,4,6,9H2. The summed E-state index contributed by atoms with van der Waals surface area (Å²) in [5.41, 5.74) is 1.70. The number of hydrogen-bond donors (Lipinski definition) is 1. The Morgan fingerprint density at radius 3 is 2.85 bits per heavy atom. The summed E-state index contributed by atoms with van der Waals surface area (Å²) in [7, 11) is -3.72. The fourth-order valence-electron chi connectivity index (χ4n) is 2.12. The van der Waals surface area contributed by atoms with E-state index in [2.05, 4.69) is 9.71 Å². The zero-order valence-electron chi connectivity index (χ0n) is 13.9. The van der Waals surface area contributed by atoms with Gasteiger partial charge in [-0.3, -0.25) is 4.79 Å². The Labute approximate surface area is 169 Å². The minimum absolute atomic E-state index is 0.0480. The Kier molecular flexibility index (Phi) is 6.61. The van der Waals surface area contributed by atoms with E-state index in [1.165, 1.54) is 23.5 Å². The smallest absolute Gasteiger partial charge is 0.307 e. The molecule has 0 unspecified atom stereocenters. The number of halogens is 1. The van der Waals surface area contributed by atoms with Crippen molar-refractivity contribution in [3.8, 4) is 10.6 Å². The van der Waals surface area contributed by atoms with Crippen molar-refractivity contribution in [1.82, 2.24) is 9.71 Å². The molecule has 0 spiro atoms. The third kappa shape index (κ3) is 5.60. The highest BCUT2D eigenvalue weighted by atomic mass is 35.5. The predicted molar refractivity (Wildman–Crippen MR) is 106 cm³/mol. The molecule has 0 atom stereocenters. The van der Waals surface area contributed by atoms with Gasteiger partial charge in [0.05, 0.1) is 17.0 Å². The minimum atomic E-state index is -3.72. The van der Waals surface area contributed by atoms with Gasteiger partial charge in [0.1, 0.15) is 11.6 Å². The van der Waals surface area contributed by atoms with Crippen LogP contribution in [0, 0.1) is 0 Å². The van der Waals surface area contributed by atoms with Crippen molar-refractivity contribution in [3.05, 3.63) is 57.2 Å². The summed E-state index contributed by atoms with van der Waals surface area (Å²) in [6.45, 7) is -0.00852. The normalized spacial score (nSPS) is 11.4. The van der Waals surface area contributed by atoms with Gasteiger partial charge >= 0.3 is 5.97 Å². The van der Waals surface area contributed by atoms with Crippen LogP contribution in [0.5, 0.6) is 0 Å². The second-order valence-electron chi connectivity index (χ2n) is 5.42. The number of nitrogens with one attached hydrogen (secondary N) is 1. The van der Waals surface area contributed by atoms with Crippen LogP contribution in [0.3, 0.4) is 0 Å². The highest BCUT2D eigenvalue weighted by Gasteiger charge is 2.15. The summed E-state index contributed by atoms with van der Waals surface area (Å²) in [5, 5.41) is 7.00. The molecule has 0 fully saturated rings. The summed E-state index contributed by atoms with van der Waals surface area (Å²) in [6.07, 6.45) is -0.0820. The van der Waals surface area contributed by atoms with Gasteiger partial charge in [0.2, 0.25) is 10.0 Å². The number of aromatic nitrogens is 1. The second-order valence-corrected chi connectivity index (χ2v) is 9.26. The van der Waals surface area contributed by atoms with Crippen LogP contribution in [0.2, 0.25) is 5.02 Å². The van der Waals surface area contributed by atoms with Crippen molar-refractivity contribution in [2.75, 3.05) is 6.54 Å². The fraction of sp³-hybridized carbons (Fsp3) is 0.176. The SMILES string of the molecule is O=C(CCNS(=O)(=O)c1cccc(Cl)c1)OCc1csc(-c2ccsc2)n1. The lowest BCUT2D eigenvalue weighted by atomic mass is 10.4. The molecule has 3 rings (SSSR count). The third-order valence-corrected chi connectivity index (χ3v) is 6.75. The molecule has 0 bridgehead atoms. The summed E-state index contributed by atoms with van der Waals surface area (Å²) in [6, 6.07) is 7.88. The molecule has 6 nitrogen and oxygen atoms in total. The van der Waals surface area contributed by atoms with Crippen LogP contribution in [-0.2, 0) is 26.2 Å². The Bertz CT molecular complexity index is 1020. The molecule has 0 aliphatic heterocycles. The molecule has 2 heterocycles. The van der Waals surface area contributed by atoms with E-state index in [9.17, 15) is 13.2 Å². The maximum atomic E-state index is 12.1. The molecule has 0 aliphatic carbocycles. The van der Waals surface area contributed by atoms with E-state index in [0.717, 1.165) is 10.6 Å². The lowest BCUT2D eigenvalue weighted by Crippen LogP contribution is -2.26. The van der Waals surface area contributed by atoms with Crippen LogP contribution < -0.4 is 4.72 Å².